The summed E-state index contributed by atoms with van der Waals surface area (Å²) < 4.78 is 0. The van der Waals surface area contributed by atoms with Crippen LogP contribution in [0.4, 0.5) is 5.69 Å². The van der Waals surface area contributed by atoms with Crippen molar-refractivity contribution in [3.63, 3.8) is 0 Å². The molecule has 0 aliphatic carbocycles. The first kappa shape index (κ1) is 7.68. The van der Waals surface area contributed by atoms with Gasteiger partial charge in [0, 0.05) is 0 Å². The van der Waals surface area contributed by atoms with Crippen molar-refractivity contribution in [3.8, 4) is 0 Å². The summed E-state index contributed by atoms with van der Waals surface area (Å²) in [5.41, 5.74) is 3.05. The molecule has 1 aliphatic heterocycles. The van der Waals surface area contributed by atoms with E-state index in [1.807, 2.05) is 28.8 Å². The first-order valence-corrected chi connectivity index (χ1v) is 4.84. The van der Waals surface area contributed by atoms with Crippen molar-refractivity contribution in [2.75, 3.05) is 5.01 Å². The van der Waals surface area contributed by atoms with Crippen LogP contribution >= 0.6 is 11.8 Å². The Hall–Kier alpha value is -0.960. The molecule has 0 radical (unpaired) electrons. The second-order valence-corrected chi connectivity index (χ2v) is 3.80. The van der Waals surface area contributed by atoms with Crippen LogP contribution in [0.1, 0.15) is 6.92 Å². The highest BCUT2D eigenvalue weighted by Crippen LogP contribution is 2.26. The summed E-state index contributed by atoms with van der Waals surface area (Å²) in [4.78, 5) is 0. The molecule has 0 fully saturated rings. The molecule has 1 aromatic carbocycles. The van der Waals surface area contributed by atoms with E-state index in [1.165, 1.54) is 0 Å². The molecule has 1 aliphatic rings. The van der Waals surface area contributed by atoms with Gasteiger partial charge in [-0.3, -0.25) is 5.01 Å². The predicted molar refractivity (Wildman–Crippen MR) is 54.5 cm³/mol. The highest BCUT2D eigenvalue weighted by Gasteiger charge is 2.17. The zero-order valence-electron chi connectivity index (χ0n) is 6.84. The first-order valence-electron chi connectivity index (χ1n) is 3.90. The number of hydrogen-bond acceptors (Lipinski definition) is 3. The summed E-state index contributed by atoms with van der Waals surface area (Å²) in [6.45, 7) is 2.14. The molecule has 0 saturated heterocycles. The van der Waals surface area contributed by atoms with Crippen LogP contribution in [0.5, 0.6) is 0 Å². The van der Waals surface area contributed by atoms with Gasteiger partial charge in [0.2, 0.25) is 0 Å². The van der Waals surface area contributed by atoms with Crippen molar-refractivity contribution in [1.29, 1.82) is 0 Å². The number of thioether (sulfide) groups is 1. The van der Waals surface area contributed by atoms with Gasteiger partial charge in [-0.15, -0.1) is 0 Å². The molecule has 3 heteroatoms. The van der Waals surface area contributed by atoms with E-state index in [-0.39, 0.29) is 0 Å². The molecule has 62 valence electrons. The van der Waals surface area contributed by atoms with Crippen LogP contribution in [-0.2, 0) is 0 Å². The normalized spacial score (nSPS) is 21.8. The predicted octanol–water partition coefficient (Wildman–Crippen LogP) is 2.53. The van der Waals surface area contributed by atoms with E-state index < -0.39 is 0 Å². The molecule has 0 N–H and O–H groups in total. The second kappa shape index (κ2) is 3.19. The van der Waals surface area contributed by atoms with Gasteiger partial charge in [-0.2, -0.15) is 5.10 Å². The van der Waals surface area contributed by atoms with Crippen molar-refractivity contribution in [2.45, 2.75) is 12.3 Å². The number of rotatable bonds is 1. The van der Waals surface area contributed by atoms with E-state index in [4.69, 9.17) is 0 Å². The third-order valence-corrected chi connectivity index (χ3v) is 2.60. The third kappa shape index (κ3) is 1.32. The van der Waals surface area contributed by atoms with Crippen LogP contribution in [-0.4, -0.2) is 10.9 Å². The van der Waals surface area contributed by atoms with Crippen molar-refractivity contribution in [3.05, 3.63) is 30.3 Å². The maximum atomic E-state index is 4.26. The Morgan fingerprint density at radius 2 is 2.08 bits per heavy atom. The quantitative estimate of drug-likeness (QED) is 0.656. The van der Waals surface area contributed by atoms with Gasteiger partial charge in [0.05, 0.1) is 11.2 Å². The molecule has 2 nitrogen and oxygen atoms in total. The van der Waals surface area contributed by atoms with Gasteiger partial charge in [-0.05, 0) is 19.1 Å². The number of para-hydroxylation sites is 1. The zero-order valence-corrected chi connectivity index (χ0v) is 7.66. The van der Waals surface area contributed by atoms with Gasteiger partial charge in [0.15, 0.2) is 0 Å². The van der Waals surface area contributed by atoms with Gasteiger partial charge in [-0.25, -0.2) is 0 Å². The molecule has 1 atom stereocenters. The minimum absolute atomic E-state index is 0.424. The summed E-state index contributed by atoms with van der Waals surface area (Å²) >= 11 is 1.73. The molecule has 0 bridgehead atoms. The Labute approximate surface area is 76.3 Å². The minimum Gasteiger partial charge on any atom is -0.252 e. The van der Waals surface area contributed by atoms with Crippen LogP contribution in [0.3, 0.4) is 0 Å². The van der Waals surface area contributed by atoms with Gasteiger partial charge in [-0.1, -0.05) is 30.0 Å². The average molecular weight is 178 g/mol. The number of anilines is 1. The van der Waals surface area contributed by atoms with Gasteiger partial charge < -0.3 is 0 Å². The lowest BCUT2D eigenvalue weighted by Gasteiger charge is -2.18. The van der Waals surface area contributed by atoms with E-state index in [0.717, 1.165) is 5.69 Å². The maximum absolute atomic E-state index is 4.26. The highest BCUT2D eigenvalue weighted by atomic mass is 32.2. The second-order valence-electron chi connectivity index (χ2n) is 2.64. The van der Waals surface area contributed by atoms with E-state index in [9.17, 15) is 0 Å². The molecule has 1 aromatic rings. The number of hydrazone groups is 1. The summed E-state index contributed by atoms with van der Waals surface area (Å²) in [5, 5.41) is 6.70. The monoisotopic (exact) mass is 178 g/mol. The Morgan fingerprint density at radius 1 is 1.33 bits per heavy atom. The Kier molecular flexibility index (Phi) is 2.04. The number of hydrogen-bond donors (Lipinski definition) is 0. The summed E-state index contributed by atoms with van der Waals surface area (Å²) in [6.07, 6.45) is 0. The van der Waals surface area contributed by atoms with Gasteiger partial charge in [0.1, 0.15) is 5.37 Å². The van der Waals surface area contributed by atoms with Crippen LogP contribution in [0, 0.1) is 0 Å². The SMILES string of the molecule is CC1SC=NN1c1ccccc1. The Bertz CT molecular complexity index is 284. The zero-order chi connectivity index (χ0) is 8.39. The smallest absolute Gasteiger partial charge is 0.100 e. The standard InChI is InChI=1S/C9H10N2S/c1-8-11(10-7-12-8)9-5-3-2-4-6-9/h2-8H,1H3. The Morgan fingerprint density at radius 3 is 2.67 bits per heavy atom. The maximum Gasteiger partial charge on any atom is 0.100 e. The molecule has 2 rings (SSSR count). The topological polar surface area (TPSA) is 15.6 Å². The van der Waals surface area contributed by atoms with Crippen LogP contribution in [0.2, 0.25) is 0 Å². The molecular weight excluding hydrogens is 168 g/mol. The molecule has 1 heterocycles. The van der Waals surface area contributed by atoms with E-state index >= 15 is 0 Å². The largest absolute Gasteiger partial charge is 0.252 e. The lowest BCUT2D eigenvalue weighted by atomic mass is 10.3. The van der Waals surface area contributed by atoms with E-state index in [0.29, 0.717) is 5.37 Å². The average Bonchev–Trinajstić information content (AvgIpc) is 2.53. The molecule has 12 heavy (non-hydrogen) atoms. The highest BCUT2D eigenvalue weighted by molar-refractivity contribution is 8.12. The van der Waals surface area contributed by atoms with Crippen molar-refractivity contribution in [1.82, 2.24) is 0 Å². The summed E-state index contributed by atoms with van der Waals surface area (Å²) in [6, 6.07) is 10.2. The third-order valence-electron chi connectivity index (χ3n) is 1.79. The molecule has 0 saturated carbocycles. The fourth-order valence-corrected chi connectivity index (χ4v) is 1.80. The van der Waals surface area contributed by atoms with E-state index in [2.05, 4.69) is 24.2 Å². The number of benzene rings is 1. The number of nitrogens with zero attached hydrogens (tertiary/aromatic N) is 2. The van der Waals surface area contributed by atoms with Crippen molar-refractivity contribution in [2.24, 2.45) is 5.10 Å². The van der Waals surface area contributed by atoms with Crippen molar-refractivity contribution >= 4 is 23.0 Å². The van der Waals surface area contributed by atoms with Crippen molar-refractivity contribution < 1.29 is 0 Å². The van der Waals surface area contributed by atoms with E-state index in [1.54, 1.807) is 11.8 Å². The fourth-order valence-electron chi connectivity index (χ4n) is 1.17. The molecule has 0 amide bonds. The summed E-state index contributed by atoms with van der Waals surface area (Å²) in [5.74, 6) is 0. The first-order chi connectivity index (χ1) is 5.88. The van der Waals surface area contributed by atoms with Crippen LogP contribution < -0.4 is 5.01 Å². The minimum atomic E-state index is 0.424. The fraction of sp³-hybridized carbons (Fsp3) is 0.222. The molecular formula is C9H10N2S. The van der Waals surface area contributed by atoms with Crippen LogP contribution in [0.25, 0.3) is 0 Å². The lowest BCUT2D eigenvalue weighted by molar-refractivity contribution is 0.864. The lowest BCUT2D eigenvalue weighted by Crippen LogP contribution is -2.19. The van der Waals surface area contributed by atoms with Crippen LogP contribution in [0.15, 0.2) is 35.4 Å². The molecule has 0 spiro atoms. The van der Waals surface area contributed by atoms with Gasteiger partial charge in [0.25, 0.3) is 0 Å². The molecule has 1 unspecified atom stereocenters. The van der Waals surface area contributed by atoms with Gasteiger partial charge >= 0.3 is 0 Å². The summed E-state index contributed by atoms with van der Waals surface area (Å²) in [7, 11) is 0. The molecule has 0 aromatic heterocycles. The Balaban J connectivity index is 2.25.